The molecule has 4 rings (SSSR count). The molecule has 156 valence electrons. The molecule has 0 unspecified atom stereocenters. The summed E-state index contributed by atoms with van der Waals surface area (Å²) in [5, 5.41) is 12.9. The molecule has 1 N–H and O–H groups in total. The van der Waals surface area contributed by atoms with Gasteiger partial charge in [0, 0.05) is 11.6 Å². The van der Waals surface area contributed by atoms with Crippen LogP contribution in [0.1, 0.15) is 46.7 Å². The average molecular weight is 443 g/mol. The second-order valence-electron chi connectivity index (χ2n) is 6.97. The summed E-state index contributed by atoms with van der Waals surface area (Å²) in [5.41, 5.74) is 1.79. The summed E-state index contributed by atoms with van der Waals surface area (Å²) in [6.45, 7) is 3.91. The van der Waals surface area contributed by atoms with Crippen LogP contribution in [0.5, 0.6) is 0 Å². The molecule has 2 aromatic heterocycles. The Bertz CT molecular complexity index is 1060. The van der Waals surface area contributed by atoms with Gasteiger partial charge in [0.15, 0.2) is 5.16 Å². The zero-order valence-corrected chi connectivity index (χ0v) is 18.4. The van der Waals surface area contributed by atoms with Gasteiger partial charge < -0.3 is 10.1 Å². The predicted octanol–water partition coefficient (Wildman–Crippen LogP) is 4.42. The van der Waals surface area contributed by atoms with Crippen LogP contribution < -0.4 is 5.32 Å². The topological polar surface area (TPSA) is 86.1 Å². The van der Waals surface area contributed by atoms with Gasteiger partial charge in [-0.1, -0.05) is 30.0 Å². The molecule has 1 aliphatic rings. The van der Waals surface area contributed by atoms with Crippen LogP contribution in [0, 0.1) is 6.92 Å². The molecule has 3 aromatic rings. The van der Waals surface area contributed by atoms with Gasteiger partial charge >= 0.3 is 5.97 Å². The monoisotopic (exact) mass is 442 g/mol. The van der Waals surface area contributed by atoms with E-state index >= 15 is 0 Å². The smallest absolute Gasteiger partial charge is 0.348 e. The summed E-state index contributed by atoms with van der Waals surface area (Å²) in [7, 11) is 0. The highest BCUT2D eigenvalue weighted by Crippen LogP contribution is 2.41. The number of aromatic nitrogens is 3. The Kier molecular flexibility index (Phi) is 6.19. The van der Waals surface area contributed by atoms with Crippen LogP contribution in [0.3, 0.4) is 0 Å². The molecule has 30 heavy (non-hydrogen) atoms. The number of hydrogen-bond donors (Lipinski definition) is 1. The van der Waals surface area contributed by atoms with Crippen molar-refractivity contribution in [3.63, 3.8) is 0 Å². The van der Waals surface area contributed by atoms with Crippen LogP contribution in [0.2, 0.25) is 0 Å². The van der Waals surface area contributed by atoms with Crippen LogP contribution in [0.15, 0.2) is 41.6 Å². The highest BCUT2D eigenvalue weighted by molar-refractivity contribution is 7.99. The average Bonchev–Trinajstić information content (AvgIpc) is 3.39. The van der Waals surface area contributed by atoms with E-state index in [1.54, 1.807) is 13.0 Å². The third kappa shape index (κ3) is 4.57. The van der Waals surface area contributed by atoms with Gasteiger partial charge in [-0.15, -0.1) is 21.5 Å². The van der Waals surface area contributed by atoms with E-state index in [2.05, 4.69) is 15.5 Å². The molecule has 1 fully saturated rings. The Morgan fingerprint density at radius 1 is 1.27 bits per heavy atom. The molecule has 1 aliphatic carbocycles. The number of para-hydroxylation sites is 1. The van der Waals surface area contributed by atoms with E-state index in [0.29, 0.717) is 27.6 Å². The van der Waals surface area contributed by atoms with Crippen molar-refractivity contribution >= 4 is 40.0 Å². The first-order valence-corrected chi connectivity index (χ1v) is 11.6. The molecule has 7 nitrogen and oxygen atoms in total. The normalized spacial score (nSPS) is 13.3. The lowest BCUT2D eigenvalue weighted by Gasteiger charge is -2.09. The highest BCUT2D eigenvalue weighted by atomic mass is 32.2. The number of amides is 1. The van der Waals surface area contributed by atoms with E-state index < -0.39 is 0 Å². The Balaban J connectivity index is 1.44. The van der Waals surface area contributed by atoms with Crippen LogP contribution >= 0.6 is 23.1 Å². The number of nitrogens with zero attached hydrogens (tertiary/aromatic N) is 3. The summed E-state index contributed by atoms with van der Waals surface area (Å²) in [6, 6.07) is 11.8. The van der Waals surface area contributed by atoms with Crippen molar-refractivity contribution in [3.8, 4) is 5.69 Å². The van der Waals surface area contributed by atoms with Crippen LogP contribution in [-0.4, -0.2) is 39.0 Å². The van der Waals surface area contributed by atoms with Crippen LogP contribution in [0.4, 0.5) is 5.00 Å². The van der Waals surface area contributed by atoms with E-state index in [1.807, 2.05) is 41.8 Å². The van der Waals surface area contributed by atoms with Crippen molar-refractivity contribution in [1.82, 2.24) is 14.8 Å². The molecular weight excluding hydrogens is 420 g/mol. The fraction of sp³-hybridized carbons (Fsp3) is 0.333. The van der Waals surface area contributed by atoms with Crippen LogP contribution in [0.25, 0.3) is 5.69 Å². The van der Waals surface area contributed by atoms with Gasteiger partial charge in [0.25, 0.3) is 0 Å². The quantitative estimate of drug-likeness (QED) is 0.410. The van der Waals surface area contributed by atoms with E-state index in [9.17, 15) is 9.59 Å². The van der Waals surface area contributed by atoms with Gasteiger partial charge in [0.05, 0.1) is 17.4 Å². The minimum Gasteiger partial charge on any atom is -0.462 e. The number of rotatable bonds is 8. The molecule has 0 radical (unpaired) electrons. The van der Waals surface area contributed by atoms with Gasteiger partial charge in [0.2, 0.25) is 5.91 Å². The molecule has 1 saturated carbocycles. The minimum absolute atomic E-state index is 0.160. The SMILES string of the molecule is CCOC(=O)c1sc(NC(=O)CSc2nnc(C3CC3)n2-c2ccccc2)cc1C. The Morgan fingerprint density at radius 2 is 2.03 bits per heavy atom. The number of carbonyl (C=O) groups is 2. The standard InChI is InChI=1S/C21H22N4O3S2/c1-3-28-20(27)18-13(2)11-17(30-18)22-16(26)12-29-21-24-23-19(14-9-10-14)25(21)15-7-5-4-6-8-15/h4-8,11,14H,3,9-10,12H2,1-2H3,(H,22,26). The highest BCUT2D eigenvalue weighted by Gasteiger charge is 2.31. The first kappa shape index (κ1) is 20.6. The zero-order chi connectivity index (χ0) is 21.1. The maximum Gasteiger partial charge on any atom is 0.348 e. The predicted molar refractivity (Wildman–Crippen MR) is 118 cm³/mol. The number of nitrogens with one attached hydrogen (secondary N) is 1. The van der Waals surface area contributed by atoms with E-state index in [0.717, 1.165) is 29.9 Å². The number of benzene rings is 1. The molecule has 2 heterocycles. The maximum atomic E-state index is 12.5. The second kappa shape index (κ2) is 9.01. The van der Waals surface area contributed by atoms with Crippen molar-refractivity contribution in [2.45, 2.75) is 37.8 Å². The third-order valence-electron chi connectivity index (χ3n) is 4.59. The summed E-state index contributed by atoms with van der Waals surface area (Å²) in [6.07, 6.45) is 2.24. The van der Waals surface area contributed by atoms with Gasteiger partial charge in [-0.25, -0.2) is 4.79 Å². The lowest BCUT2D eigenvalue weighted by atomic mass is 10.3. The molecule has 0 bridgehead atoms. The van der Waals surface area contributed by atoms with Crippen molar-refractivity contribution in [1.29, 1.82) is 0 Å². The number of hydrogen-bond acceptors (Lipinski definition) is 7. The van der Waals surface area contributed by atoms with Gasteiger partial charge in [0.1, 0.15) is 10.7 Å². The minimum atomic E-state index is -0.363. The molecule has 0 spiro atoms. The third-order valence-corrected chi connectivity index (χ3v) is 6.65. The largest absolute Gasteiger partial charge is 0.462 e. The van der Waals surface area contributed by atoms with E-state index in [1.165, 1.54) is 23.1 Å². The van der Waals surface area contributed by atoms with Gasteiger partial charge in [-0.05, 0) is 50.5 Å². The fourth-order valence-corrected chi connectivity index (χ4v) is 4.79. The maximum absolute atomic E-state index is 12.5. The molecule has 1 aromatic carbocycles. The first-order valence-electron chi connectivity index (χ1n) is 9.77. The Hall–Kier alpha value is -2.65. The fourth-order valence-electron chi connectivity index (χ4n) is 3.05. The number of thioether (sulfide) groups is 1. The number of anilines is 1. The summed E-state index contributed by atoms with van der Waals surface area (Å²) in [5.74, 6) is 1.07. The van der Waals surface area contributed by atoms with Crippen LogP contribution in [-0.2, 0) is 9.53 Å². The van der Waals surface area contributed by atoms with E-state index in [-0.39, 0.29) is 17.6 Å². The molecular formula is C21H22N4O3S2. The molecule has 9 heteroatoms. The van der Waals surface area contributed by atoms with Crippen molar-refractivity contribution < 1.29 is 14.3 Å². The number of carbonyl (C=O) groups excluding carboxylic acids is 2. The lowest BCUT2D eigenvalue weighted by Crippen LogP contribution is -2.13. The summed E-state index contributed by atoms with van der Waals surface area (Å²) in [4.78, 5) is 25.0. The zero-order valence-electron chi connectivity index (χ0n) is 16.8. The number of ether oxygens (including phenoxy) is 1. The Morgan fingerprint density at radius 3 is 2.73 bits per heavy atom. The summed E-state index contributed by atoms with van der Waals surface area (Å²) >= 11 is 2.58. The molecule has 0 atom stereocenters. The Labute approximate surface area is 182 Å². The van der Waals surface area contributed by atoms with Crippen molar-refractivity contribution in [2.75, 3.05) is 17.7 Å². The second-order valence-corrected chi connectivity index (χ2v) is 8.96. The number of aryl methyl sites for hydroxylation is 1. The van der Waals surface area contributed by atoms with Crippen molar-refractivity contribution in [3.05, 3.63) is 52.7 Å². The van der Waals surface area contributed by atoms with Gasteiger partial charge in [-0.3, -0.25) is 9.36 Å². The first-order chi connectivity index (χ1) is 14.6. The molecule has 0 aliphatic heterocycles. The van der Waals surface area contributed by atoms with E-state index in [4.69, 9.17) is 4.74 Å². The number of thiophene rings is 1. The van der Waals surface area contributed by atoms with Gasteiger partial charge in [-0.2, -0.15) is 0 Å². The molecule has 0 saturated heterocycles. The summed E-state index contributed by atoms with van der Waals surface area (Å²) < 4.78 is 7.10. The van der Waals surface area contributed by atoms with Crippen molar-refractivity contribution in [2.24, 2.45) is 0 Å². The molecule has 1 amide bonds. The number of esters is 1. The lowest BCUT2D eigenvalue weighted by molar-refractivity contribution is -0.113.